The lowest BCUT2D eigenvalue weighted by Crippen LogP contribution is -2.11. The van der Waals surface area contributed by atoms with Gasteiger partial charge in [-0.1, -0.05) is 30.3 Å². The number of aryl methyl sites for hydroxylation is 1. The van der Waals surface area contributed by atoms with Gasteiger partial charge in [0.1, 0.15) is 0 Å². The minimum absolute atomic E-state index is 0.0999. The first-order valence-electron chi connectivity index (χ1n) is 6.44. The van der Waals surface area contributed by atoms with E-state index in [4.69, 9.17) is 5.14 Å². The largest absolute Gasteiger partial charge is 0.248 e. The molecule has 0 aliphatic carbocycles. The van der Waals surface area contributed by atoms with E-state index in [-0.39, 0.29) is 4.90 Å². The van der Waals surface area contributed by atoms with E-state index >= 15 is 0 Å². The van der Waals surface area contributed by atoms with Gasteiger partial charge in [0.15, 0.2) is 0 Å². The summed E-state index contributed by atoms with van der Waals surface area (Å²) in [7, 11) is -3.66. The summed E-state index contributed by atoms with van der Waals surface area (Å²) in [6.07, 6.45) is 0. The van der Waals surface area contributed by atoms with E-state index in [0.29, 0.717) is 0 Å². The summed E-state index contributed by atoms with van der Waals surface area (Å²) < 4.78 is 22.5. The van der Waals surface area contributed by atoms with Crippen molar-refractivity contribution in [2.45, 2.75) is 11.8 Å². The summed E-state index contributed by atoms with van der Waals surface area (Å²) >= 11 is 0. The van der Waals surface area contributed by atoms with Crippen LogP contribution in [0, 0.1) is 6.92 Å². The molecular formula is C16H14N2O2S. The van der Waals surface area contributed by atoms with Crippen LogP contribution in [0.25, 0.3) is 22.2 Å². The molecular weight excluding hydrogens is 284 g/mol. The third-order valence-corrected chi connectivity index (χ3v) is 4.26. The van der Waals surface area contributed by atoms with Gasteiger partial charge in [0.2, 0.25) is 10.0 Å². The fourth-order valence-electron chi connectivity index (χ4n) is 2.20. The molecule has 0 amide bonds. The average Bonchev–Trinajstić information content (AvgIpc) is 2.45. The molecule has 0 unspecified atom stereocenters. The quantitative estimate of drug-likeness (QED) is 0.790. The van der Waals surface area contributed by atoms with Gasteiger partial charge in [0, 0.05) is 10.9 Å². The van der Waals surface area contributed by atoms with E-state index in [1.54, 1.807) is 12.1 Å². The number of fused-ring (bicyclic) bond motifs is 1. The van der Waals surface area contributed by atoms with E-state index in [9.17, 15) is 8.42 Å². The predicted octanol–water partition coefficient (Wildman–Crippen LogP) is 2.86. The number of pyridine rings is 1. The molecule has 0 spiro atoms. The molecule has 3 aromatic rings. The van der Waals surface area contributed by atoms with Crippen molar-refractivity contribution in [2.75, 3.05) is 0 Å². The highest BCUT2D eigenvalue weighted by atomic mass is 32.2. The van der Waals surface area contributed by atoms with Crippen LogP contribution in [0.3, 0.4) is 0 Å². The number of benzene rings is 2. The Hall–Kier alpha value is -2.24. The van der Waals surface area contributed by atoms with Gasteiger partial charge in [-0.2, -0.15) is 0 Å². The summed E-state index contributed by atoms with van der Waals surface area (Å²) in [5, 5.41) is 6.17. The molecule has 106 valence electrons. The molecule has 21 heavy (non-hydrogen) atoms. The lowest BCUT2D eigenvalue weighted by molar-refractivity contribution is 0.598. The maximum Gasteiger partial charge on any atom is 0.238 e. The molecule has 4 nitrogen and oxygen atoms in total. The summed E-state index contributed by atoms with van der Waals surface area (Å²) in [4.78, 5) is 4.72. The number of aromatic nitrogens is 1. The molecule has 0 saturated carbocycles. The Morgan fingerprint density at radius 3 is 2.29 bits per heavy atom. The summed E-state index contributed by atoms with van der Waals surface area (Å²) in [5.74, 6) is 0. The van der Waals surface area contributed by atoms with Gasteiger partial charge in [0.25, 0.3) is 0 Å². The third-order valence-electron chi connectivity index (χ3n) is 3.33. The third kappa shape index (κ3) is 2.79. The Morgan fingerprint density at radius 1 is 0.952 bits per heavy atom. The first-order chi connectivity index (χ1) is 9.93. The number of hydrogen-bond acceptors (Lipinski definition) is 3. The standard InChI is InChI=1S/C16H14N2O2S/c1-11-2-3-13-6-9-15(18-16(13)10-11)12-4-7-14(8-5-12)21(17,19)20/h2-10H,1H3,(H2,17,19,20). The van der Waals surface area contributed by atoms with Gasteiger partial charge in [0.05, 0.1) is 16.1 Å². The van der Waals surface area contributed by atoms with Crippen LogP contribution in [0.15, 0.2) is 59.5 Å². The Balaban J connectivity index is 2.07. The minimum Gasteiger partial charge on any atom is -0.248 e. The van der Waals surface area contributed by atoms with E-state index in [1.165, 1.54) is 12.1 Å². The topological polar surface area (TPSA) is 73.1 Å². The first kappa shape index (κ1) is 13.7. The molecule has 2 aromatic carbocycles. The van der Waals surface area contributed by atoms with Crippen LogP contribution in [0.5, 0.6) is 0 Å². The molecule has 0 saturated heterocycles. The summed E-state index contributed by atoms with van der Waals surface area (Å²) in [5.41, 5.74) is 3.72. The lowest BCUT2D eigenvalue weighted by Gasteiger charge is -2.05. The molecule has 5 heteroatoms. The molecule has 0 aliphatic rings. The predicted molar refractivity (Wildman–Crippen MR) is 83.3 cm³/mol. The van der Waals surface area contributed by atoms with E-state index < -0.39 is 10.0 Å². The van der Waals surface area contributed by atoms with Crippen LogP contribution in [0.2, 0.25) is 0 Å². The van der Waals surface area contributed by atoms with E-state index in [2.05, 4.69) is 4.98 Å². The molecule has 0 atom stereocenters. The van der Waals surface area contributed by atoms with Crippen LogP contribution < -0.4 is 5.14 Å². The summed E-state index contributed by atoms with van der Waals surface area (Å²) in [6.45, 7) is 2.02. The van der Waals surface area contributed by atoms with Gasteiger partial charge < -0.3 is 0 Å². The zero-order valence-electron chi connectivity index (χ0n) is 11.4. The monoisotopic (exact) mass is 298 g/mol. The molecule has 2 N–H and O–H groups in total. The number of primary sulfonamides is 1. The highest BCUT2D eigenvalue weighted by molar-refractivity contribution is 7.89. The molecule has 0 radical (unpaired) electrons. The zero-order valence-corrected chi connectivity index (χ0v) is 12.3. The van der Waals surface area contributed by atoms with E-state index in [0.717, 1.165) is 27.7 Å². The van der Waals surface area contributed by atoms with Crippen molar-refractivity contribution in [1.82, 2.24) is 4.98 Å². The van der Waals surface area contributed by atoms with Crippen molar-refractivity contribution in [1.29, 1.82) is 0 Å². The van der Waals surface area contributed by atoms with Crippen LogP contribution >= 0.6 is 0 Å². The van der Waals surface area contributed by atoms with Gasteiger partial charge in [-0.05, 0) is 36.8 Å². The van der Waals surface area contributed by atoms with Gasteiger partial charge in [-0.25, -0.2) is 18.5 Å². The fourth-order valence-corrected chi connectivity index (χ4v) is 2.72. The Morgan fingerprint density at radius 2 is 1.62 bits per heavy atom. The Kier molecular flexibility index (Phi) is 3.23. The fraction of sp³-hybridized carbons (Fsp3) is 0.0625. The van der Waals surface area contributed by atoms with Crippen LogP contribution in [-0.4, -0.2) is 13.4 Å². The highest BCUT2D eigenvalue weighted by Gasteiger charge is 2.08. The van der Waals surface area contributed by atoms with E-state index in [1.807, 2.05) is 37.3 Å². The highest BCUT2D eigenvalue weighted by Crippen LogP contribution is 2.22. The van der Waals surface area contributed by atoms with Crippen LogP contribution in [0.1, 0.15) is 5.56 Å². The maximum absolute atomic E-state index is 11.3. The zero-order chi connectivity index (χ0) is 15.0. The Bertz CT molecular complexity index is 917. The number of rotatable bonds is 2. The van der Waals surface area contributed by atoms with Crippen molar-refractivity contribution >= 4 is 20.9 Å². The Labute approximate surface area is 123 Å². The van der Waals surface area contributed by atoms with Crippen molar-refractivity contribution in [3.63, 3.8) is 0 Å². The average molecular weight is 298 g/mol. The molecule has 0 bridgehead atoms. The van der Waals surface area contributed by atoms with Crippen LogP contribution in [0.4, 0.5) is 0 Å². The van der Waals surface area contributed by atoms with Gasteiger partial charge in [-0.15, -0.1) is 0 Å². The van der Waals surface area contributed by atoms with Gasteiger partial charge in [-0.3, -0.25) is 0 Å². The van der Waals surface area contributed by atoms with Crippen molar-refractivity contribution in [3.05, 3.63) is 60.2 Å². The minimum atomic E-state index is -3.66. The number of nitrogens with two attached hydrogens (primary N) is 1. The number of hydrogen-bond donors (Lipinski definition) is 1. The smallest absolute Gasteiger partial charge is 0.238 e. The van der Waals surface area contributed by atoms with Crippen LogP contribution in [-0.2, 0) is 10.0 Å². The molecule has 1 aromatic heterocycles. The second kappa shape index (κ2) is 4.95. The molecule has 0 aliphatic heterocycles. The molecule has 0 fully saturated rings. The second-order valence-electron chi connectivity index (χ2n) is 4.96. The normalized spacial score (nSPS) is 11.7. The van der Waals surface area contributed by atoms with Crippen molar-refractivity contribution < 1.29 is 8.42 Å². The van der Waals surface area contributed by atoms with Crippen molar-refractivity contribution in [2.24, 2.45) is 5.14 Å². The first-order valence-corrected chi connectivity index (χ1v) is 7.99. The maximum atomic E-state index is 11.3. The SMILES string of the molecule is Cc1ccc2ccc(-c3ccc(S(N)(=O)=O)cc3)nc2c1. The van der Waals surface area contributed by atoms with Crippen molar-refractivity contribution in [3.8, 4) is 11.3 Å². The second-order valence-corrected chi connectivity index (χ2v) is 6.52. The lowest BCUT2D eigenvalue weighted by atomic mass is 10.1. The van der Waals surface area contributed by atoms with Gasteiger partial charge >= 0.3 is 0 Å². The molecule has 3 rings (SSSR count). The summed E-state index contributed by atoms with van der Waals surface area (Å²) in [6, 6.07) is 16.4. The number of sulfonamides is 1. The molecule has 1 heterocycles. The number of nitrogens with zero attached hydrogens (tertiary/aromatic N) is 1.